The summed E-state index contributed by atoms with van der Waals surface area (Å²) in [5.41, 5.74) is 6.26. The van der Waals surface area contributed by atoms with Gasteiger partial charge in [-0.2, -0.15) is 5.10 Å². The molecule has 0 fully saturated rings. The Morgan fingerprint density at radius 2 is 1.69 bits per heavy atom. The van der Waals surface area contributed by atoms with Gasteiger partial charge in [-0.15, -0.1) is 0 Å². The molecule has 0 spiro atoms. The zero-order valence-corrected chi connectivity index (χ0v) is 17.3. The summed E-state index contributed by atoms with van der Waals surface area (Å²) in [6.07, 6.45) is 1.49. The smallest absolute Gasteiger partial charge is 0.318 e. The maximum atomic E-state index is 11.9. The summed E-state index contributed by atoms with van der Waals surface area (Å²) in [7, 11) is 0. The number of carbonyl (C=O) groups excluding carboxylic acids is 2. The predicted octanol–water partition coefficient (Wildman–Crippen LogP) is 4.49. The van der Waals surface area contributed by atoms with Crippen LogP contribution in [-0.2, 0) is 9.59 Å². The molecule has 2 aromatic carbocycles. The highest BCUT2D eigenvalue weighted by molar-refractivity contribution is 6.42. The van der Waals surface area contributed by atoms with E-state index in [0.29, 0.717) is 15.7 Å². The maximum absolute atomic E-state index is 11.9. The van der Waals surface area contributed by atoms with Gasteiger partial charge in [-0.25, -0.2) is 5.43 Å². The molecule has 2 amide bonds. The molecular weight excluding hydrogens is 411 g/mol. The lowest BCUT2D eigenvalue weighted by atomic mass is 10.2. The molecule has 0 atom stereocenters. The van der Waals surface area contributed by atoms with Gasteiger partial charge in [0.2, 0.25) is 0 Å². The van der Waals surface area contributed by atoms with Gasteiger partial charge in [0, 0.05) is 28.3 Å². The molecule has 1 aromatic heterocycles. The average Bonchev–Trinajstić information content (AvgIpc) is 2.98. The van der Waals surface area contributed by atoms with Crippen molar-refractivity contribution in [1.29, 1.82) is 0 Å². The van der Waals surface area contributed by atoms with E-state index in [-0.39, 0.29) is 0 Å². The zero-order chi connectivity index (χ0) is 21.0. The van der Waals surface area contributed by atoms with Gasteiger partial charge in [0.05, 0.1) is 16.3 Å². The Morgan fingerprint density at radius 1 is 0.966 bits per heavy atom. The van der Waals surface area contributed by atoms with Crippen LogP contribution in [0.15, 0.2) is 59.7 Å². The fourth-order valence-corrected chi connectivity index (χ4v) is 3.15. The van der Waals surface area contributed by atoms with Crippen molar-refractivity contribution in [3.63, 3.8) is 0 Å². The van der Waals surface area contributed by atoms with Crippen LogP contribution in [0.25, 0.3) is 5.69 Å². The molecule has 0 bridgehead atoms. The third-order valence-electron chi connectivity index (χ3n) is 4.24. The van der Waals surface area contributed by atoms with Crippen molar-refractivity contribution in [2.24, 2.45) is 5.10 Å². The van der Waals surface area contributed by atoms with Crippen LogP contribution in [0.2, 0.25) is 10.0 Å². The molecule has 1 heterocycles. The molecule has 148 valence electrons. The number of amides is 2. The van der Waals surface area contributed by atoms with Gasteiger partial charge >= 0.3 is 11.8 Å². The van der Waals surface area contributed by atoms with Crippen molar-refractivity contribution in [3.8, 4) is 5.69 Å². The van der Waals surface area contributed by atoms with E-state index >= 15 is 0 Å². The minimum atomic E-state index is -0.858. The van der Waals surface area contributed by atoms with Crippen molar-refractivity contribution < 1.29 is 9.59 Å². The Hall–Kier alpha value is -3.09. The van der Waals surface area contributed by atoms with Crippen molar-refractivity contribution in [3.05, 3.63) is 81.6 Å². The van der Waals surface area contributed by atoms with Crippen LogP contribution in [0, 0.1) is 13.8 Å². The van der Waals surface area contributed by atoms with Gasteiger partial charge in [-0.05, 0) is 50.2 Å². The maximum Gasteiger partial charge on any atom is 0.329 e. The second-order valence-corrected chi connectivity index (χ2v) is 7.09. The van der Waals surface area contributed by atoms with Crippen LogP contribution < -0.4 is 10.7 Å². The highest BCUT2D eigenvalue weighted by atomic mass is 35.5. The molecule has 0 saturated carbocycles. The second-order valence-electron chi connectivity index (χ2n) is 6.28. The monoisotopic (exact) mass is 428 g/mol. The van der Waals surface area contributed by atoms with Crippen molar-refractivity contribution in [2.75, 3.05) is 5.32 Å². The molecule has 0 aliphatic heterocycles. The van der Waals surface area contributed by atoms with Crippen LogP contribution in [-0.4, -0.2) is 22.6 Å². The lowest BCUT2D eigenvalue weighted by Crippen LogP contribution is -2.32. The summed E-state index contributed by atoms with van der Waals surface area (Å²) in [5, 5.41) is 7.34. The molecule has 8 heteroatoms. The van der Waals surface area contributed by atoms with E-state index in [4.69, 9.17) is 23.2 Å². The minimum Gasteiger partial charge on any atom is -0.318 e. The van der Waals surface area contributed by atoms with Crippen molar-refractivity contribution >= 4 is 46.9 Å². The molecule has 0 aliphatic carbocycles. The Bertz CT molecular complexity index is 1090. The Balaban J connectivity index is 1.70. The largest absolute Gasteiger partial charge is 0.329 e. The molecule has 3 rings (SSSR count). The van der Waals surface area contributed by atoms with Gasteiger partial charge in [-0.3, -0.25) is 9.59 Å². The SMILES string of the molecule is Cc1cc(C=NNC(=O)C(=O)Nc2ccccc2)c(C)n1-c1ccc(Cl)c(Cl)c1. The topological polar surface area (TPSA) is 75.5 Å². The van der Waals surface area contributed by atoms with Gasteiger partial charge in [0.25, 0.3) is 0 Å². The molecule has 6 nitrogen and oxygen atoms in total. The summed E-state index contributed by atoms with van der Waals surface area (Å²) in [5.74, 6) is -1.65. The van der Waals surface area contributed by atoms with Crippen LogP contribution in [0.4, 0.5) is 5.69 Å². The molecular formula is C21H18Cl2N4O2. The molecule has 29 heavy (non-hydrogen) atoms. The number of aryl methyl sites for hydroxylation is 1. The number of nitrogens with one attached hydrogen (secondary N) is 2. The number of hydrogen-bond acceptors (Lipinski definition) is 3. The van der Waals surface area contributed by atoms with Crippen LogP contribution in [0.1, 0.15) is 17.0 Å². The number of carbonyl (C=O) groups is 2. The predicted molar refractivity (Wildman–Crippen MR) is 116 cm³/mol. The molecule has 0 unspecified atom stereocenters. The number of para-hydroxylation sites is 1. The molecule has 0 saturated heterocycles. The lowest BCUT2D eigenvalue weighted by molar-refractivity contribution is -0.136. The van der Waals surface area contributed by atoms with E-state index in [2.05, 4.69) is 15.8 Å². The Labute approximate surface area is 178 Å². The number of nitrogens with zero attached hydrogens (tertiary/aromatic N) is 2. The number of hydrazone groups is 1. The van der Waals surface area contributed by atoms with Crippen molar-refractivity contribution in [2.45, 2.75) is 13.8 Å². The first-order chi connectivity index (χ1) is 13.9. The molecule has 3 aromatic rings. The van der Waals surface area contributed by atoms with E-state index in [1.54, 1.807) is 36.4 Å². The minimum absolute atomic E-state index is 0.462. The fraction of sp³-hybridized carbons (Fsp3) is 0.0952. The third-order valence-corrected chi connectivity index (χ3v) is 4.98. The normalized spacial score (nSPS) is 10.9. The average molecular weight is 429 g/mol. The first kappa shape index (κ1) is 20.6. The first-order valence-electron chi connectivity index (χ1n) is 8.70. The van der Waals surface area contributed by atoms with Crippen LogP contribution >= 0.6 is 23.2 Å². The van der Waals surface area contributed by atoms with E-state index < -0.39 is 11.8 Å². The molecule has 0 aliphatic rings. The highest BCUT2D eigenvalue weighted by Gasteiger charge is 2.14. The Kier molecular flexibility index (Phi) is 6.36. The Morgan fingerprint density at radius 3 is 2.38 bits per heavy atom. The van der Waals surface area contributed by atoms with Gasteiger partial charge < -0.3 is 9.88 Å². The van der Waals surface area contributed by atoms with Crippen LogP contribution in [0.5, 0.6) is 0 Å². The zero-order valence-electron chi connectivity index (χ0n) is 15.7. The van der Waals surface area contributed by atoms with Crippen molar-refractivity contribution in [1.82, 2.24) is 9.99 Å². The van der Waals surface area contributed by atoms with Gasteiger partial charge in [0.1, 0.15) is 0 Å². The summed E-state index contributed by atoms with van der Waals surface area (Å²) in [6, 6.07) is 16.0. The van der Waals surface area contributed by atoms with Gasteiger partial charge in [0.15, 0.2) is 0 Å². The number of aromatic nitrogens is 1. The highest BCUT2D eigenvalue weighted by Crippen LogP contribution is 2.27. The third kappa shape index (κ3) is 4.85. The number of hydrogen-bond donors (Lipinski definition) is 2. The second kappa shape index (κ2) is 8.94. The number of halogens is 2. The number of rotatable bonds is 4. The standard InChI is InChI=1S/C21H18Cl2N4O2/c1-13-10-15(14(2)27(13)17-8-9-18(22)19(23)11-17)12-24-26-21(29)20(28)25-16-6-4-3-5-7-16/h3-12H,1-2H3,(H,25,28)(H,26,29). The summed E-state index contributed by atoms with van der Waals surface area (Å²) >= 11 is 12.1. The molecule has 2 N–H and O–H groups in total. The summed E-state index contributed by atoms with van der Waals surface area (Å²) in [4.78, 5) is 23.8. The van der Waals surface area contributed by atoms with E-state index in [0.717, 1.165) is 22.6 Å². The molecule has 0 radical (unpaired) electrons. The van der Waals surface area contributed by atoms with E-state index in [1.807, 2.05) is 36.6 Å². The lowest BCUT2D eigenvalue weighted by Gasteiger charge is -2.10. The van der Waals surface area contributed by atoms with E-state index in [1.165, 1.54) is 6.21 Å². The summed E-state index contributed by atoms with van der Waals surface area (Å²) < 4.78 is 1.99. The summed E-state index contributed by atoms with van der Waals surface area (Å²) in [6.45, 7) is 3.86. The first-order valence-corrected chi connectivity index (χ1v) is 9.46. The van der Waals surface area contributed by atoms with E-state index in [9.17, 15) is 9.59 Å². The number of benzene rings is 2. The van der Waals surface area contributed by atoms with Crippen LogP contribution in [0.3, 0.4) is 0 Å². The fourth-order valence-electron chi connectivity index (χ4n) is 2.86. The number of anilines is 1. The van der Waals surface area contributed by atoms with Gasteiger partial charge in [-0.1, -0.05) is 41.4 Å². The quantitative estimate of drug-likeness (QED) is 0.364.